The van der Waals surface area contributed by atoms with Crippen LogP contribution in [0, 0.1) is 18.3 Å². The van der Waals surface area contributed by atoms with Gasteiger partial charge in [0.05, 0.1) is 11.3 Å². The van der Waals surface area contributed by atoms with Gasteiger partial charge in [-0.05, 0) is 47.5 Å². The fourth-order valence-electron chi connectivity index (χ4n) is 1.93. The van der Waals surface area contributed by atoms with Crippen molar-refractivity contribution in [2.45, 2.75) is 19.9 Å². The summed E-state index contributed by atoms with van der Waals surface area (Å²) in [4.78, 5) is 0. The van der Waals surface area contributed by atoms with Gasteiger partial charge in [-0.3, -0.25) is 0 Å². The Kier molecular flexibility index (Phi) is 4.24. The maximum absolute atomic E-state index is 9.20. The Hall–Kier alpha value is -1.79. The summed E-state index contributed by atoms with van der Waals surface area (Å²) in [5.74, 6) is 0. The smallest absolute Gasteiger partial charge is 0.103 e. The first-order valence-electron chi connectivity index (χ1n) is 6.13. The van der Waals surface area contributed by atoms with Crippen LogP contribution in [-0.4, -0.2) is 0 Å². The molecule has 2 rings (SSSR count). The van der Waals surface area contributed by atoms with E-state index in [-0.39, 0.29) is 6.04 Å². The maximum Gasteiger partial charge on any atom is 0.103 e. The molecule has 0 saturated heterocycles. The molecule has 2 nitrogen and oxygen atoms in total. The normalized spacial score (nSPS) is 11.7. The van der Waals surface area contributed by atoms with E-state index in [1.54, 1.807) is 0 Å². The highest BCUT2D eigenvalue weighted by Gasteiger charge is 2.10. The second-order valence-corrected chi connectivity index (χ2v) is 5.41. The highest BCUT2D eigenvalue weighted by molar-refractivity contribution is 9.10. The van der Waals surface area contributed by atoms with E-state index in [0.717, 1.165) is 10.2 Å². The fraction of sp³-hybridized carbons (Fsp3) is 0.188. The van der Waals surface area contributed by atoms with Crippen molar-refractivity contribution >= 4 is 21.6 Å². The van der Waals surface area contributed by atoms with Crippen LogP contribution < -0.4 is 5.32 Å². The van der Waals surface area contributed by atoms with Crippen molar-refractivity contribution in [1.29, 1.82) is 5.26 Å². The van der Waals surface area contributed by atoms with Crippen molar-refractivity contribution in [3.63, 3.8) is 0 Å². The van der Waals surface area contributed by atoms with Gasteiger partial charge in [0.1, 0.15) is 6.07 Å². The monoisotopic (exact) mass is 314 g/mol. The summed E-state index contributed by atoms with van der Waals surface area (Å²) in [6.07, 6.45) is 0. The third-order valence-corrected chi connectivity index (χ3v) is 3.74. The lowest BCUT2D eigenvalue weighted by molar-refractivity contribution is 0.883. The van der Waals surface area contributed by atoms with Crippen LogP contribution in [0.1, 0.15) is 29.7 Å². The summed E-state index contributed by atoms with van der Waals surface area (Å²) < 4.78 is 0.816. The Bertz CT molecular complexity index is 612. The van der Waals surface area contributed by atoms with Crippen LogP contribution in [0.25, 0.3) is 0 Å². The van der Waals surface area contributed by atoms with Gasteiger partial charge in [-0.15, -0.1) is 0 Å². The molecule has 0 aliphatic rings. The van der Waals surface area contributed by atoms with Crippen molar-refractivity contribution in [3.8, 4) is 6.07 Å². The minimum atomic E-state index is 0.155. The zero-order chi connectivity index (χ0) is 13.8. The first-order chi connectivity index (χ1) is 9.11. The van der Waals surface area contributed by atoms with Gasteiger partial charge >= 0.3 is 0 Å². The fourth-order valence-corrected chi connectivity index (χ4v) is 2.38. The molecular weight excluding hydrogens is 300 g/mol. The Balaban J connectivity index is 2.24. The molecular formula is C16H15BrN2. The molecule has 1 atom stereocenters. The molecule has 1 unspecified atom stereocenters. The first-order valence-corrected chi connectivity index (χ1v) is 6.93. The maximum atomic E-state index is 9.20. The van der Waals surface area contributed by atoms with E-state index in [1.807, 2.05) is 18.2 Å². The standard InChI is InChI=1S/C16H15BrN2/c1-11-6-8-13(9-7-11)12(2)19-16-5-3-4-15(17)14(16)10-18/h3-9,12,19H,1-2H3. The van der Waals surface area contributed by atoms with Gasteiger partial charge in [0.25, 0.3) is 0 Å². The van der Waals surface area contributed by atoms with Gasteiger partial charge in [0, 0.05) is 10.5 Å². The molecule has 0 aliphatic heterocycles. The number of benzene rings is 2. The summed E-state index contributed by atoms with van der Waals surface area (Å²) in [6.45, 7) is 4.16. The Morgan fingerprint density at radius 2 is 1.84 bits per heavy atom. The van der Waals surface area contributed by atoms with Crippen LogP contribution in [0.15, 0.2) is 46.9 Å². The van der Waals surface area contributed by atoms with Crippen LogP contribution in [0.5, 0.6) is 0 Å². The second-order valence-electron chi connectivity index (χ2n) is 4.55. The van der Waals surface area contributed by atoms with Crippen LogP contribution >= 0.6 is 15.9 Å². The van der Waals surface area contributed by atoms with Crippen LogP contribution in [0.4, 0.5) is 5.69 Å². The lowest BCUT2D eigenvalue weighted by atomic mass is 10.1. The Morgan fingerprint density at radius 1 is 1.16 bits per heavy atom. The molecule has 3 heteroatoms. The predicted octanol–water partition coefficient (Wildman–Crippen LogP) is 4.80. The zero-order valence-electron chi connectivity index (χ0n) is 10.9. The number of rotatable bonds is 3. The lowest BCUT2D eigenvalue weighted by Gasteiger charge is -2.17. The van der Waals surface area contributed by atoms with Crippen molar-refractivity contribution in [2.24, 2.45) is 0 Å². The third-order valence-electron chi connectivity index (χ3n) is 3.07. The molecule has 0 bridgehead atoms. The van der Waals surface area contributed by atoms with E-state index in [1.165, 1.54) is 11.1 Å². The zero-order valence-corrected chi connectivity index (χ0v) is 12.5. The summed E-state index contributed by atoms with van der Waals surface area (Å²) in [5, 5.41) is 12.6. The van der Waals surface area contributed by atoms with Gasteiger partial charge in [-0.2, -0.15) is 5.26 Å². The summed E-state index contributed by atoms with van der Waals surface area (Å²) in [7, 11) is 0. The molecule has 2 aromatic carbocycles. The molecule has 0 spiro atoms. The Morgan fingerprint density at radius 3 is 2.47 bits per heavy atom. The SMILES string of the molecule is Cc1ccc(C(C)Nc2cccc(Br)c2C#N)cc1. The van der Waals surface area contributed by atoms with Gasteiger partial charge < -0.3 is 5.32 Å². The van der Waals surface area contributed by atoms with Crippen molar-refractivity contribution in [3.05, 3.63) is 63.6 Å². The first kappa shape index (κ1) is 13.6. The number of anilines is 1. The number of nitriles is 1. The molecule has 2 aromatic rings. The number of hydrogen-bond donors (Lipinski definition) is 1. The number of aryl methyl sites for hydroxylation is 1. The highest BCUT2D eigenvalue weighted by atomic mass is 79.9. The van der Waals surface area contributed by atoms with Crippen molar-refractivity contribution in [2.75, 3.05) is 5.32 Å². The molecule has 96 valence electrons. The predicted molar refractivity (Wildman–Crippen MR) is 82.1 cm³/mol. The minimum Gasteiger partial charge on any atom is -0.377 e. The lowest BCUT2D eigenvalue weighted by Crippen LogP contribution is -2.08. The second kappa shape index (κ2) is 5.90. The minimum absolute atomic E-state index is 0.155. The van der Waals surface area contributed by atoms with Gasteiger partial charge in [-0.25, -0.2) is 0 Å². The van der Waals surface area contributed by atoms with Gasteiger partial charge in [0.15, 0.2) is 0 Å². The number of hydrogen-bond acceptors (Lipinski definition) is 2. The van der Waals surface area contributed by atoms with E-state index in [0.29, 0.717) is 5.56 Å². The number of nitrogens with one attached hydrogen (secondary N) is 1. The average molecular weight is 315 g/mol. The summed E-state index contributed by atoms with van der Waals surface area (Å²) in [5.41, 5.74) is 3.94. The van der Waals surface area contributed by atoms with Gasteiger partial charge in [-0.1, -0.05) is 35.9 Å². The van der Waals surface area contributed by atoms with Crippen LogP contribution in [0.2, 0.25) is 0 Å². The molecule has 0 heterocycles. The van der Waals surface area contributed by atoms with E-state index < -0.39 is 0 Å². The van der Waals surface area contributed by atoms with Crippen molar-refractivity contribution < 1.29 is 0 Å². The van der Waals surface area contributed by atoms with E-state index >= 15 is 0 Å². The van der Waals surface area contributed by atoms with Gasteiger partial charge in [0.2, 0.25) is 0 Å². The average Bonchev–Trinajstić information content (AvgIpc) is 2.39. The largest absolute Gasteiger partial charge is 0.377 e. The molecule has 0 saturated carbocycles. The van der Waals surface area contributed by atoms with E-state index in [4.69, 9.17) is 0 Å². The summed E-state index contributed by atoms with van der Waals surface area (Å²) >= 11 is 3.40. The van der Waals surface area contributed by atoms with Crippen LogP contribution in [-0.2, 0) is 0 Å². The Labute approximate surface area is 122 Å². The van der Waals surface area contributed by atoms with Crippen LogP contribution in [0.3, 0.4) is 0 Å². The molecule has 0 radical (unpaired) electrons. The number of halogens is 1. The quantitative estimate of drug-likeness (QED) is 0.883. The topological polar surface area (TPSA) is 35.8 Å². The van der Waals surface area contributed by atoms with Crippen molar-refractivity contribution in [1.82, 2.24) is 0 Å². The third kappa shape index (κ3) is 3.15. The molecule has 19 heavy (non-hydrogen) atoms. The number of nitrogens with zero attached hydrogens (tertiary/aromatic N) is 1. The van der Waals surface area contributed by atoms with E-state index in [9.17, 15) is 5.26 Å². The van der Waals surface area contributed by atoms with E-state index in [2.05, 4.69) is 65.4 Å². The summed E-state index contributed by atoms with van der Waals surface area (Å²) in [6, 6.07) is 16.5. The molecule has 1 N–H and O–H groups in total. The highest BCUT2D eigenvalue weighted by Crippen LogP contribution is 2.27. The molecule has 0 fully saturated rings. The molecule has 0 aliphatic carbocycles. The molecule has 0 aromatic heterocycles. The molecule has 0 amide bonds.